The topological polar surface area (TPSA) is 70.7 Å². The maximum absolute atomic E-state index is 12.2. The van der Waals surface area contributed by atoms with Crippen molar-refractivity contribution in [3.05, 3.63) is 21.4 Å². The second-order valence-corrected chi connectivity index (χ2v) is 7.61. The SMILES string of the molecule is C[C@H]1CCc2sc(C(=O)NNC(=O)[C@@H]3CN(C)CCO3)cc2C1. The Kier molecular flexibility index (Phi) is 4.99. The summed E-state index contributed by atoms with van der Waals surface area (Å²) >= 11 is 1.53. The predicted molar refractivity (Wildman–Crippen MR) is 88.4 cm³/mol. The number of hydrazine groups is 1. The molecule has 0 bridgehead atoms. The maximum Gasteiger partial charge on any atom is 0.279 e. The minimum absolute atomic E-state index is 0.255. The molecule has 23 heavy (non-hydrogen) atoms. The number of nitrogens with zero attached hydrogens (tertiary/aromatic N) is 1. The Labute approximate surface area is 140 Å². The number of thiophene rings is 1. The van der Waals surface area contributed by atoms with Gasteiger partial charge in [-0.05, 0) is 43.9 Å². The summed E-state index contributed by atoms with van der Waals surface area (Å²) in [6, 6.07) is 1.96. The van der Waals surface area contributed by atoms with Crippen LogP contribution < -0.4 is 10.9 Å². The largest absolute Gasteiger partial charge is 0.366 e. The fraction of sp³-hybridized carbons (Fsp3) is 0.625. The number of aryl methyl sites for hydroxylation is 1. The molecule has 1 aliphatic carbocycles. The quantitative estimate of drug-likeness (QED) is 0.789. The van der Waals surface area contributed by atoms with Crippen molar-refractivity contribution >= 4 is 23.2 Å². The highest BCUT2D eigenvalue weighted by Gasteiger charge is 2.26. The van der Waals surface area contributed by atoms with E-state index in [4.69, 9.17) is 4.74 Å². The lowest BCUT2D eigenvalue weighted by Crippen LogP contribution is -2.52. The first-order valence-electron chi connectivity index (χ1n) is 8.05. The molecule has 0 saturated carbocycles. The van der Waals surface area contributed by atoms with E-state index in [9.17, 15) is 9.59 Å². The van der Waals surface area contributed by atoms with Crippen molar-refractivity contribution in [1.82, 2.24) is 15.8 Å². The lowest BCUT2D eigenvalue weighted by atomic mass is 9.90. The van der Waals surface area contributed by atoms with Crippen LogP contribution in [-0.4, -0.2) is 49.6 Å². The van der Waals surface area contributed by atoms with Crippen molar-refractivity contribution in [2.45, 2.75) is 32.3 Å². The van der Waals surface area contributed by atoms with Crippen molar-refractivity contribution in [1.29, 1.82) is 0 Å². The van der Waals surface area contributed by atoms with Crippen molar-refractivity contribution in [2.24, 2.45) is 5.92 Å². The molecule has 126 valence electrons. The predicted octanol–water partition coefficient (Wildman–Crippen LogP) is 0.964. The number of likely N-dealkylation sites (N-methyl/N-ethyl adjacent to an activating group) is 1. The van der Waals surface area contributed by atoms with Crippen molar-refractivity contribution in [3.8, 4) is 0 Å². The summed E-state index contributed by atoms with van der Waals surface area (Å²) in [5.74, 6) is 0.113. The first-order chi connectivity index (χ1) is 11.0. The lowest BCUT2D eigenvalue weighted by molar-refractivity contribution is -0.138. The number of hydrogen-bond acceptors (Lipinski definition) is 5. The number of carbonyl (C=O) groups is 2. The normalized spacial score (nSPS) is 24.8. The number of carbonyl (C=O) groups excluding carboxylic acids is 2. The number of amides is 2. The zero-order chi connectivity index (χ0) is 16.4. The highest BCUT2D eigenvalue weighted by molar-refractivity contribution is 7.14. The average molecular weight is 337 g/mol. The second-order valence-electron chi connectivity index (χ2n) is 6.47. The fourth-order valence-electron chi connectivity index (χ4n) is 3.01. The molecule has 3 rings (SSSR count). The summed E-state index contributed by atoms with van der Waals surface area (Å²) in [4.78, 5) is 28.3. The van der Waals surface area contributed by atoms with Crippen LogP contribution >= 0.6 is 11.3 Å². The minimum atomic E-state index is -0.536. The number of rotatable bonds is 2. The van der Waals surface area contributed by atoms with Crippen molar-refractivity contribution in [3.63, 3.8) is 0 Å². The van der Waals surface area contributed by atoms with Gasteiger partial charge < -0.3 is 9.64 Å². The lowest BCUT2D eigenvalue weighted by Gasteiger charge is -2.28. The van der Waals surface area contributed by atoms with E-state index in [1.165, 1.54) is 28.2 Å². The van der Waals surface area contributed by atoms with Gasteiger partial charge in [-0.15, -0.1) is 11.3 Å². The van der Waals surface area contributed by atoms with E-state index in [1.54, 1.807) is 0 Å². The highest BCUT2D eigenvalue weighted by Crippen LogP contribution is 2.32. The summed E-state index contributed by atoms with van der Waals surface area (Å²) in [6.45, 7) is 4.11. The molecule has 1 aliphatic heterocycles. The van der Waals surface area contributed by atoms with E-state index in [-0.39, 0.29) is 11.8 Å². The Morgan fingerprint density at radius 1 is 1.39 bits per heavy atom. The second kappa shape index (κ2) is 6.98. The van der Waals surface area contributed by atoms with Crippen LogP contribution in [0, 0.1) is 5.92 Å². The van der Waals surface area contributed by atoms with E-state index in [1.807, 2.05) is 18.0 Å². The van der Waals surface area contributed by atoms with Gasteiger partial charge in [-0.25, -0.2) is 0 Å². The summed E-state index contributed by atoms with van der Waals surface area (Å²) in [6.07, 6.45) is 2.72. The van der Waals surface area contributed by atoms with E-state index < -0.39 is 6.10 Å². The van der Waals surface area contributed by atoms with E-state index >= 15 is 0 Å². The Bertz CT molecular complexity index is 601. The summed E-state index contributed by atoms with van der Waals surface area (Å²) in [5.41, 5.74) is 6.26. The first-order valence-corrected chi connectivity index (χ1v) is 8.86. The van der Waals surface area contributed by atoms with Crippen LogP contribution in [0.4, 0.5) is 0 Å². The smallest absolute Gasteiger partial charge is 0.279 e. The van der Waals surface area contributed by atoms with Gasteiger partial charge >= 0.3 is 0 Å². The number of nitrogens with one attached hydrogen (secondary N) is 2. The van der Waals surface area contributed by atoms with Gasteiger partial charge in [0.25, 0.3) is 11.8 Å². The van der Waals surface area contributed by atoms with Gasteiger partial charge in [-0.1, -0.05) is 6.92 Å². The van der Waals surface area contributed by atoms with E-state index in [0.29, 0.717) is 23.9 Å². The molecule has 2 amide bonds. The molecular weight excluding hydrogens is 314 g/mol. The Morgan fingerprint density at radius 2 is 2.22 bits per heavy atom. The standard InChI is InChI=1S/C16H23N3O3S/c1-10-3-4-13-11(7-10)8-14(23-13)16(21)18-17-15(20)12-9-19(2)5-6-22-12/h8,10,12H,3-7,9H2,1-2H3,(H,17,20)(H,18,21)/t10-,12-/m0/s1. The molecule has 2 atom stereocenters. The van der Waals surface area contributed by atoms with Crippen LogP contribution in [0.25, 0.3) is 0 Å². The van der Waals surface area contributed by atoms with Gasteiger partial charge in [0.2, 0.25) is 0 Å². The van der Waals surface area contributed by atoms with Gasteiger partial charge in [-0.3, -0.25) is 20.4 Å². The zero-order valence-electron chi connectivity index (χ0n) is 13.6. The summed E-state index contributed by atoms with van der Waals surface area (Å²) in [5, 5.41) is 0. The van der Waals surface area contributed by atoms with Gasteiger partial charge in [0.1, 0.15) is 0 Å². The number of hydrogen-bond donors (Lipinski definition) is 2. The molecule has 0 spiro atoms. The van der Waals surface area contributed by atoms with Crippen LogP contribution in [0.15, 0.2) is 6.07 Å². The molecule has 1 aromatic rings. The molecule has 2 N–H and O–H groups in total. The van der Waals surface area contributed by atoms with Crippen LogP contribution in [-0.2, 0) is 22.4 Å². The number of morpholine rings is 1. The van der Waals surface area contributed by atoms with Crippen LogP contribution in [0.1, 0.15) is 33.5 Å². The zero-order valence-corrected chi connectivity index (χ0v) is 14.4. The molecule has 6 nitrogen and oxygen atoms in total. The van der Waals surface area contributed by atoms with Crippen molar-refractivity contribution in [2.75, 3.05) is 26.7 Å². The monoisotopic (exact) mass is 337 g/mol. The highest BCUT2D eigenvalue weighted by atomic mass is 32.1. The van der Waals surface area contributed by atoms with Crippen molar-refractivity contribution < 1.29 is 14.3 Å². The molecule has 0 unspecified atom stereocenters. The van der Waals surface area contributed by atoms with E-state index in [2.05, 4.69) is 17.8 Å². The van der Waals surface area contributed by atoms with Gasteiger partial charge in [0.15, 0.2) is 6.10 Å². The van der Waals surface area contributed by atoms with Gasteiger partial charge in [0.05, 0.1) is 11.5 Å². The summed E-state index contributed by atoms with van der Waals surface area (Å²) in [7, 11) is 1.94. The number of fused-ring (bicyclic) bond motifs is 1. The van der Waals surface area contributed by atoms with Crippen LogP contribution in [0.3, 0.4) is 0 Å². The third-order valence-corrected chi connectivity index (χ3v) is 5.65. The Hall–Kier alpha value is -1.44. The minimum Gasteiger partial charge on any atom is -0.366 e. The Balaban J connectivity index is 1.54. The van der Waals surface area contributed by atoms with Crippen LogP contribution in [0.5, 0.6) is 0 Å². The third kappa shape index (κ3) is 3.91. The first kappa shape index (κ1) is 16.4. The molecule has 0 radical (unpaired) electrons. The summed E-state index contributed by atoms with van der Waals surface area (Å²) < 4.78 is 5.42. The Morgan fingerprint density at radius 3 is 3.00 bits per heavy atom. The van der Waals surface area contributed by atoms with E-state index in [0.717, 1.165) is 19.4 Å². The molecule has 1 aromatic heterocycles. The molecule has 1 saturated heterocycles. The third-order valence-electron chi connectivity index (χ3n) is 4.41. The fourth-order valence-corrected chi connectivity index (χ4v) is 4.12. The molecule has 1 fully saturated rings. The average Bonchev–Trinajstić information content (AvgIpc) is 2.95. The van der Waals surface area contributed by atoms with Gasteiger partial charge in [-0.2, -0.15) is 0 Å². The molecule has 0 aromatic carbocycles. The maximum atomic E-state index is 12.2. The van der Waals surface area contributed by atoms with Gasteiger partial charge in [0, 0.05) is 18.0 Å². The molecule has 7 heteroatoms. The number of ether oxygens (including phenoxy) is 1. The molecule has 2 heterocycles. The molecular formula is C16H23N3O3S. The molecule has 2 aliphatic rings. The van der Waals surface area contributed by atoms with Crippen LogP contribution in [0.2, 0.25) is 0 Å².